The zero-order chi connectivity index (χ0) is 21.5. The summed E-state index contributed by atoms with van der Waals surface area (Å²) in [6, 6.07) is 10.7. The molecule has 1 aromatic heterocycles. The maximum Gasteiger partial charge on any atom is 0.261 e. The summed E-state index contributed by atoms with van der Waals surface area (Å²) in [6.45, 7) is 1.85. The van der Waals surface area contributed by atoms with Crippen LogP contribution >= 0.6 is 0 Å². The Kier molecular flexibility index (Phi) is 6.84. The minimum absolute atomic E-state index is 0.0353. The van der Waals surface area contributed by atoms with Gasteiger partial charge in [-0.25, -0.2) is 4.39 Å². The van der Waals surface area contributed by atoms with Crippen LogP contribution < -0.4 is 19.5 Å². The van der Waals surface area contributed by atoms with Gasteiger partial charge in [0.15, 0.2) is 6.10 Å². The number of carbonyl (C=O) groups excluding carboxylic acids is 1. The number of rotatable bonds is 9. The molecule has 3 rings (SSSR count). The third kappa shape index (κ3) is 5.05. The van der Waals surface area contributed by atoms with Gasteiger partial charge in [0.1, 0.15) is 23.1 Å². The largest absolute Gasteiger partial charge is 0.497 e. The summed E-state index contributed by atoms with van der Waals surface area (Å²) >= 11 is 0. The van der Waals surface area contributed by atoms with Crippen molar-refractivity contribution in [1.82, 2.24) is 15.5 Å². The normalized spacial score (nSPS) is 11.6. The van der Waals surface area contributed by atoms with Gasteiger partial charge in [0.25, 0.3) is 5.91 Å². The van der Waals surface area contributed by atoms with E-state index in [-0.39, 0.29) is 24.2 Å². The minimum atomic E-state index is -0.737. The molecule has 0 aliphatic carbocycles. The third-order valence-electron chi connectivity index (χ3n) is 4.29. The van der Waals surface area contributed by atoms with Gasteiger partial charge in [-0.3, -0.25) is 4.79 Å². The van der Waals surface area contributed by atoms with E-state index >= 15 is 0 Å². The summed E-state index contributed by atoms with van der Waals surface area (Å²) in [4.78, 5) is 16.7. The van der Waals surface area contributed by atoms with Gasteiger partial charge in [-0.15, -0.1) is 0 Å². The second kappa shape index (κ2) is 9.73. The maximum atomic E-state index is 13.0. The van der Waals surface area contributed by atoms with Crippen molar-refractivity contribution in [2.24, 2.45) is 0 Å². The van der Waals surface area contributed by atoms with Gasteiger partial charge in [0.2, 0.25) is 11.7 Å². The Morgan fingerprint density at radius 2 is 1.87 bits per heavy atom. The lowest BCUT2D eigenvalue weighted by molar-refractivity contribution is -0.128. The van der Waals surface area contributed by atoms with E-state index < -0.39 is 6.10 Å². The first-order valence-corrected chi connectivity index (χ1v) is 9.29. The molecule has 1 heterocycles. The monoisotopic (exact) mass is 415 g/mol. The molecule has 0 saturated carbocycles. The fourth-order valence-electron chi connectivity index (χ4n) is 2.70. The van der Waals surface area contributed by atoms with Crippen molar-refractivity contribution < 1.29 is 27.9 Å². The number of amides is 1. The minimum Gasteiger partial charge on any atom is -0.497 e. The van der Waals surface area contributed by atoms with Crippen LogP contribution in [0.5, 0.6) is 17.2 Å². The van der Waals surface area contributed by atoms with E-state index in [9.17, 15) is 9.18 Å². The summed E-state index contributed by atoms with van der Waals surface area (Å²) in [6.07, 6.45) is -0.305. The van der Waals surface area contributed by atoms with E-state index in [1.807, 2.05) is 6.92 Å². The molecule has 0 bridgehead atoms. The van der Waals surface area contributed by atoms with Crippen LogP contribution in [0.4, 0.5) is 4.39 Å². The Morgan fingerprint density at radius 3 is 2.53 bits per heavy atom. The second-order valence-electron chi connectivity index (χ2n) is 6.26. The predicted octanol–water partition coefficient (Wildman–Crippen LogP) is 3.37. The first-order valence-electron chi connectivity index (χ1n) is 9.29. The molecule has 0 aliphatic heterocycles. The molecule has 9 heteroatoms. The van der Waals surface area contributed by atoms with E-state index in [4.69, 9.17) is 18.7 Å². The molecule has 158 valence electrons. The van der Waals surface area contributed by atoms with Crippen LogP contribution in [0.25, 0.3) is 11.4 Å². The molecule has 0 fully saturated rings. The second-order valence-corrected chi connectivity index (χ2v) is 6.26. The van der Waals surface area contributed by atoms with Crippen LogP contribution in [0, 0.1) is 5.82 Å². The zero-order valence-corrected chi connectivity index (χ0v) is 16.8. The lowest BCUT2D eigenvalue weighted by Crippen LogP contribution is -2.37. The molecule has 0 spiro atoms. The van der Waals surface area contributed by atoms with E-state index in [1.165, 1.54) is 31.4 Å². The Morgan fingerprint density at radius 1 is 1.13 bits per heavy atom. The number of nitrogens with zero attached hydrogens (tertiary/aromatic N) is 2. The van der Waals surface area contributed by atoms with Crippen LogP contribution in [0.3, 0.4) is 0 Å². The van der Waals surface area contributed by atoms with Gasteiger partial charge in [-0.2, -0.15) is 4.98 Å². The lowest BCUT2D eigenvalue weighted by atomic mass is 10.2. The van der Waals surface area contributed by atoms with Crippen molar-refractivity contribution in [2.45, 2.75) is 26.0 Å². The van der Waals surface area contributed by atoms with Crippen LogP contribution in [-0.2, 0) is 11.3 Å². The Labute approximate surface area is 173 Å². The molecule has 1 amide bonds. The number of hydrogen-bond acceptors (Lipinski definition) is 7. The molecular formula is C21H22FN3O5. The fraction of sp³-hybridized carbons (Fsp3) is 0.286. The molecular weight excluding hydrogens is 393 g/mol. The van der Waals surface area contributed by atoms with Gasteiger partial charge in [0.05, 0.1) is 26.3 Å². The Bertz CT molecular complexity index is 991. The van der Waals surface area contributed by atoms with Gasteiger partial charge in [-0.1, -0.05) is 12.1 Å². The van der Waals surface area contributed by atoms with Crippen molar-refractivity contribution in [3.05, 3.63) is 54.2 Å². The summed E-state index contributed by atoms with van der Waals surface area (Å²) in [5.74, 6) is 1.42. The Hall–Kier alpha value is -3.62. The number of hydrogen-bond donors (Lipinski definition) is 1. The van der Waals surface area contributed by atoms with Gasteiger partial charge in [0, 0.05) is 6.07 Å². The smallest absolute Gasteiger partial charge is 0.261 e. The Balaban J connectivity index is 1.63. The van der Waals surface area contributed by atoms with Gasteiger partial charge in [-0.05, 0) is 42.8 Å². The average Bonchev–Trinajstić information content (AvgIpc) is 3.25. The fourth-order valence-corrected chi connectivity index (χ4v) is 2.70. The van der Waals surface area contributed by atoms with E-state index in [1.54, 1.807) is 25.3 Å². The first-order chi connectivity index (χ1) is 14.5. The molecule has 1 N–H and O–H groups in total. The zero-order valence-electron chi connectivity index (χ0n) is 16.8. The molecule has 2 aromatic carbocycles. The molecule has 0 saturated heterocycles. The summed E-state index contributed by atoms with van der Waals surface area (Å²) in [7, 11) is 3.10. The molecule has 3 aromatic rings. The number of benzene rings is 2. The topological polar surface area (TPSA) is 95.7 Å². The van der Waals surface area contributed by atoms with Crippen molar-refractivity contribution in [3.63, 3.8) is 0 Å². The SMILES string of the molecule is CC[C@@H](Oc1ccc(F)cc1)C(=O)NCc1nc(-c2ccc(OC)cc2OC)no1. The molecule has 0 unspecified atom stereocenters. The van der Waals surface area contributed by atoms with Crippen molar-refractivity contribution in [1.29, 1.82) is 0 Å². The number of aromatic nitrogens is 2. The van der Waals surface area contributed by atoms with E-state index in [0.29, 0.717) is 35.1 Å². The molecule has 8 nitrogen and oxygen atoms in total. The number of ether oxygens (including phenoxy) is 3. The van der Waals surface area contributed by atoms with Crippen molar-refractivity contribution in [2.75, 3.05) is 14.2 Å². The lowest BCUT2D eigenvalue weighted by Gasteiger charge is -2.16. The van der Waals surface area contributed by atoms with E-state index in [2.05, 4.69) is 15.5 Å². The standard InChI is InChI=1S/C21H22FN3O5/c1-4-17(29-14-7-5-13(22)6-8-14)21(26)23-12-19-24-20(25-30-19)16-10-9-15(27-2)11-18(16)28-3/h5-11,17H,4,12H2,1-3H3,(H,23,26)/t17-/m1/s1. The molecule has 1 atom stereocenters. The highest BCUT2D eigenvalue weighted by atomic mass is 19.1. The highest BCUT2D eigenvalue weighted by molar-refractivity contribution is 5.81. The van der Waals surface area contributed by atoms with Crippen LogP contribution in [-0.4, -0.2) is 36.4 Å². The third-order valence-corrected chi connectivity index (χ3v) is 4.29. The average molecular weight is 415 g/mol. The summed E-state index contributed by atoms with van der Waals surface area (Å²) in [5.41, 5.74) is 0.630. The molecule has 0 radical (unpaired) electrons. The number of methoxy groups -OCH3 is 2. The number of carbonyl (C=O) groups is 1. The summed E-state index contributed by atoms with van der Waals surface area (Å²) in [5, 5.41) is 6.65. The predicted molar refractivity (Wildman–Crippen MR) is 106 cm³/mol. The highest BCUT2D eigenvalue weighted by Gasteiger charge is 2.20. The van der Waals surface area contributed by atoms with Crippen LogP contribution in [0.15, 0.2) is 47.0 Å². The van der Waals surface area contributed by atoms with Gasteiger partial charge < -0.3 is 24.1 Å². The quantitative estimate of drug-likeness (QED) is 0.572. The maximum absolute atomic E-state index is 13.0. The van der Waals surface area contributed by atoms with Gasteiger partial charge >= 0.3 is 0 Å². The number of nitrogens with one attached hydrogen (secondary N) is 1. The molecule has 0 aliphatic rings. The number of halogens is 1. The van der Waals surface area contributed by atoms with Crippen LogP contribution in [0.1, 0.15) is 19.2 Å². The van der Waals surface area contributed by atoms with Crippen molar-refractivity contribution in [3.8, 4) is 28.6 Å². The first kappa shape index (κ1) is 21.1. The van der Waals surface area contributed by atoms with E-state index in [0.717, 1.165) is 0 Å². The molecule has 30 heavy (non-hydrogen) atoms. The summed E-state index contributed by atoms with van der Waals surface area (Å²) < 4.78 is 34.4. The van der Waals surface area contributed by atoms with Crippen molar-refractivity contribution >= 4 is 5.91 Å². The van der Waals surface area contributed by atoms with Crippen LogP contribution in [0.2, 0.25) is 0 Å². The highest BCUT2D eigenvalue weighted by Crippen LogP contribution is 2.31.